The number of aliphatic hydroxyl groups excluding tert-OH is 1. The topological polar surface area (TPSA) is 64.6 Å². The van der Waals surface area contributed by atoms with Crippen LogP contribution < -0.4 is 10.6 Å². The van der Waals surface area contributed by atoms with E-state index >= 15 is 0 Å². The number of piperidine rings is 2. The first kappa shape index (κ1) is 18.4. The van der Waals surface area contributed by atoms with Crippen molar-refractivity contribution in [1.29, 1.82) is 0 Å². The van der Waals surface area contributed by atoms with E-state index in [1.165, 1.54) is 6.42 Å². The Hall–Kier alpha value is -1.43. The zero-order valence-electron chi connectivity index (χ0n) is 15.0. The standard InChI is InChI=1S/C20H31N3O2/c24-19(17-6-2-1-3-7-17)15-23-12-9-16(10-13-23)14-22-20(25)18-8-4-5-11-21-18/h1-3,6-7,16,18-19,21,24H,4-5,8-15H2,(H,22,25). The fraction of sp³-hybridized carbons (Fsp3) is 0.650. The van der Waals surface area contributed by atoms with E-state index in [2.05, 4.69) is 15.5 Å². The lowest BCUT2D eigenvalue weighted by atomic mass is 9.95. The van der Waals surface area contributed by atoms with Crippen molar-refractivity contribution in [2.75, 3.05) is 32.7 Å². The molecular formula is C20H31N3O2. The maximum absolute atomic E-state index is 12.2. The second-order valence-corrected chi connectivity index (χ2v) is 7.42. The van der Waals surface area contributed by atoms with Gasteiger partial charge in [-0.05, 0) is 56.8 Å². The van der Waals surface area contributed by atoms with Gasteiger partial charge in [-0.1, -0.05) is 36.8 Å². The summed E-state index contributed by atoms with van der Waals surface area (Å²) < 4.78 is 0. The lowest BCUT2D eigenvalue weighted by molar-refractivity contribution is -0.123. The molecule has 2 aliphatic rings. The van der Waals surface area contributed by atoms with Gasteiger partial charge >= 0.3 is 0 Å². The Morgan fingerprint density at radius 2 is 1.96 bits per heavy atom. The third-order valence-electron chi connectivity index (χ3n) is 5.51. The number of hydrogen-bond donors (Lipinski definition) is 3. The summed E-state index contributed by atoms with van der Waals surface area (Å²) >= 11 is 0. The van der Waals surface area contributed by atoms with E-state index in [-0.39, 0.29) is 11.9 Å². The molecule has 5 heteroatoms. The number of likely N-dealkylation sites (tertiary alicyclic amines) is 1. The van der Waals surface area contributed by atoms with Gasteiger partial charge in [-0.3, -0.25) is 4.79 Å². The van der Waals surface area contributed by atoms with Crippen LogP contribution in [-0.2, 0) is 4.79 Å². The van der Waals surface area contributed by atoms with Crippen molar-refractivity contribution in [3.63, 3.8) is 0 Å². The van der Waals surface area contributed by atoms with Gasteiger partial charge in [0.15, 0.2) is 0 Å². The van der Waals surface area contributed by atoms with Crippen molar-refractivity contribution >= 4 is 5.91 Å². The number of amides is 1. The lowest BCUT2D eigenvalue weighted by Crippen LogP contribution is -2.48. The number of nitrogens with zero attached hydrogens (tertiary/aromatic N) is 1. The first-order valence-electron chi connectivity index (χ1n) is 9.69. The van der Waals surface area contributed by atoms with Crippen molar-refractivity contribution in [2.24, 2.45) is 5.92 Å². The molecule has 138 valence electrons. The van der Waals surface area contributed by atoms with Crippen LogP contribution in [0.2, 0.25) is 0 Å². The number of nitrogens with one attached hydrogen (secondary N) is 2. The Labute approximate surface area is 150 Å². The van der Waals surface area contributed by atoms with Gasteiger partial charge in [0.2, 0.25) is 5.91 Å². The Balaban J connectivity index is 1.35. The van der Waals surface area contributed by atoms with Gasteiger partial charge < -0.3 is 20.6 Å². The molecule has 2 aliphatic heterocycles. The molecule has 3 N–H and O–H groups in total. The maximum Gasteiger partial charge on any atom is 0.237 e. The maximum atomic E-state index is 12.2. The van der Waals surface area contributed by atoms with E-state index in [0.29, 0.717) is 12.5 Å². The van der Waals surface area contributed by atoms with Crippen LogP contribution in [0.5, 0.6) is 0 Å². The Bertz CT molecular complexity index is 523. The molecule has 0 bridgehead atoms. The normalized spacial score (nSPS) is 24.0. The predicted octanol–water partition coefficient (Wildman–Crippen LogP) is 1.69. The molecule has 2 fully saturated rings. The molecule has 0 spiro atoms. The quantitative estimate of drug-likeness (QED) is 0.734. The van der Waals surface area contributed by atoms with Crippen LogP contribution in [0.4, 0.5) is 0 Å². The summed E-state index contributed by atoms with van der Waals surface area (Å²) in [5.41, 5.74) is 0.983. The third kappa shape index (κ3) is 5.53. The molecule has 3 rings (SSSR count). The predicted molar refractivity (Wildman–Crippen MR) is 99.2 cm³/mol. The van der Waals surface area contributed by atoms with Crippen molar-refractivity contribution in [3.05, 3.63) is 35.9 Å². The Kier molecular flexibility index (Phi) is 6.84. The smallest absolute Gasteiger partial charge is 0.237 e. The van der Waals surface area contributed by atoms with E-state index < -0.39 is 6.10 Å². The SMILES string of the molecule is O=C(NCC1CCN(CC(O)c2ccccc2)CC1)C1CCCCN1. The van der Waals surface area contributed by atoms with Crippen LogP contribution in [0, 0.1) is 5.92 Å². The van der Waals surface area contributed by atoms with Gasteiger partial charge in [0.05, 0.1) is 12.1 Å². The van der Waals surface area contributed by atoms with Gasteiger partial charge in [0, 0.05) is 13.1 Å². The van der Waals surface area contributed by atoms with Crippen LogP contribution in [0.25, 0.3) is 0 Å². The van der Waals surface area contributed by atoms with Crippen molar-refractivity contribution < 1.29 is 9.90 Å². The van der Waals surface area contributed by atoms with Crippen LogP contribution in [0.15, 0.2) is 30.3 Å². The highest BCUT2D eigenvalue weighted by Gasteiger charge is 2.24. The number of carbonyl (C=O) groups is 1. The summed E-state index contributed by atoms with van der Waals surface area (Å²) in [6.45, 7) is 4.42. The summed E-state index contributed by atoms with van der Waals surface area (Å²) in [4.78, 5) is 14.5. The molecule has 2 atom stereocenters. The number of β-amino-alcohol motifs (C(OH)–C–C–N with tert-alkyl or cyclic N) is 1. The summed E-state index contributed by atoms with van der Waals surface area (Å²) in [6, 6.07) is 9.87. The van der Waals surface area contributed by atoms with Crippen LogP contribution in [0.1, 0.15) is 43.8 Å². The molecule has 1 aromatic carbocycles. The van der Waals surface area contributed by atoms with Gasteiger partial charge in [-0.2, -0.15) is 0 Å². The summed E-state index contributed by atoms with van der Waals surface area (Å²) in [7, 11) is 0. The number of hydrogen-bond acceptors (Lipinski definition) is 4. The van der Waals surface area contributed by atoms with Crippen LogP contribution in [0.3, 0.4) is 0 Å². The van der Waals surface area contributed by atoms with Crippen molar-refractivity contribution in [3.8, 4) is 0 Å². The fourth-order valence-electron chi connectivity index (χ4n) is 3.84. The van der Waals surface area contributed by atoms with Gasteiger partial charge in [-0.25, -0.2) is 0 Å². The molecule has 25 heavy (non-hydrogen) atoms. The number of rotatable bonds is 6. The molecule has 0 aromatic heterocycles. The minimum atomic E-state index is -0.421. The lowest BCUT2D eigenvalue weighted by Gasteiger charge is -2.33. The van der Waals surface area contributed by atoms with E-state index in [1.807, 2.05) is 30.3 Å². The highest BCUT2D eigenvalue weighted by molar-refractivity contribution is 5.81. The van der Waals surface area contributed by atoms with Crippen LogP contribution in [-0.4, -0.2) is 54.7 Å². The Morgan fingerprint density at radius 3 is 2.64 bits per heavy atom. The minimum absolute atomic E-state index is 0.00913. The number of benzene rings is 1. The monoisotopic (exact) mass is 345 g/mol. The van der Waals surface area contributed by atoms with E-state index in [1.54, 1.807) is 0 Å². The summed E-state index contributed by atoms with van der Waals surface area (Å²) in [5.74, 6) is 0.722. The average Bonchev–Trinajstić information content (AvgIpc) is 2.68. The third-order valence-corrected chi connectivity index (χ3v) is 5.51. The average molecular weight is 345 g/mol. The molecule has 1 amide bonds. The highest BCUT2D eigenvalue weighted by Crippen LogP contribution is 2.20. The number of aliphatic hydroxyl groups is 1. The zero-order chi connectivity index (χ0) is 17.5. The molecule has 5 nitrogen and oxygen atoms in total. The zero-order valence-corrected chi connectivity index (χ0v) is 15.0. The highest BCUT2D eigenvalue weighted by atomic mass is 16.3. The molecule has 2 heterocycles. The van der Waals surface area contributed by atoms with Crippen LogP contribution >= 0.6 is 0 Å². The van der Waals surface area contributed by atoms with E-state index in [0.717, 1.165) is 57.4 Å². The second kappa shape index (κ2) is 9.32. The molecule has 2 saturated heterocycles. The largest absolute Gasteiger partial charge is 0.387 e. The van der Waals surface area contributed by atoms with E-state index in [9.17, 15) is 9.90 Å². The van der Waals surface area contributed by atoms with Gasteiger partial charge in [0.1, 0.15) is 0 Å². The van der Waals surface area contributed by atoms with Crippen molar-refractivity contribution in [2.45, 2.75) is 44.2 Å². The fourth-order valence-corrected chi connectivity index (χ4v) is 3.84. The number of carbonyl (C=O) groups excluding carboxylic acids is 1. The summed E-state index contributed by atoms with van der Waals surface area (Å²) in [6.07, 6.45) is 5.03. The molecule has 2 unspecified atom stereocenters. The van der Waals surface area contributed by atoms with Gasteiger partial charge in [-0.15, -0.1) is 0 Å². The van der Waals surface area contributed by atoms with Gasteiger partial charge in [0.25, 0.3) is 0 Å². The minimum Gasteiger partial charge on any atom is -0.387 e. The Morgan fingerprint density at radius 1 is 1.20 bits per heavy atom. The molecule has 0 saturated carbocycles. The first-order valence-corrected chi connectivity index (χ1v) is 9.69. The molecule has 1 aromatic rings. The second-order valence-electron chi connectivity index (χ2n) is 7.42. The molecule has 0 aliphatic carbocycles. The van der Waals surface area contributed by atoms with Crippen molar-refractivity contribution in [1.82, 2.24) is 15.5 Å². The first-order chi connectivity index (χ1) is 12.2. The molecular weight excluding hydrogens is 314 g/mol. The molecule has 0 radical (unpaired) electrons. The van der Waals surface area contributed by atoms with E-state index in [4.69, 9.17) is 0 Å². The summed E-state index contributed by atoms with van der Waals surface area (Å²) in [5, 5.41) is 16.8.